The van der Waals surface area contributed by atoms with E-state index < -0.39 is 0 Å². The van der Waals surface area contributed by atoms with E-state index in [0.29, 0.717) is 18.7 Å². The molecule has 1 fully saturated rings. The molecule has 2 heterocycles. The van der Waals surface area contributed by atoms with Gasteiger partial charge in [0.05, 0.1) is 19.2 Å². The van der Waals surface area contributed by atoms with Gasteiger partial charge in [0.2, 0.25) is 0 Å². The number of methoxy groups -OCH3 is 1. The maximum Gasteiger partial charge on any atom is 0.128 e. The van der Waals surface area contributed by atoms with E-state index in [1.54, 1.807) is 31.4 Å². The van der Waals surface area contributed by atoms with E-state index in [1.165, 1.54) is 12.1 Å². The van der Waals surface area contributed by atoms with Crippen LogP contribution in [0.3, 0.4) is 0 Å². The lowest BCUT2D eigenvalue weighted by Gasteiger charge is -2.39. The highest BCUT2D eigenvalue weighted by Gasteiger charge is 2.43. The SMILES string of the molecule is COc1ccc(C2NNC3c4cc(F)ccc4N(Cc4ccccc4F)CC23)cc1. The Hall–Kier alpha value is -2.96. The number of hydrogen-bond acceptors (Lipinski definition) is 4. The van der Waals surface area contributed by atoms with Gasteiger partial charge in [0.15, 0.2) is 0 Å². The second-order valence-electron chi connectivity index (χ2n) is 7.86. The number of nitrogens with one attached hydrogen (secondary N) is 2. The van der Waals surface area contributed by atoms with Gasteiger partial charge < -0.3 is 9.64 Å². The third-order valence-electron chi connectivity index (χ3n) is 6.14. The Bertz CT molecular complexity index is 1060. The lowest BCUT2D eigenvalue weighted by molar-refractivity contribution is 0.397. The zero-order chi connectivity index (χ0) is 20.7. The van der Waals surface area contributed by atoms with Gasteiger partial charge in [0.1, 0.15) is 17.4 Å². The van der Waals surface area contributed by atoms with Crippen LogP contribution in [0.25, 0.3) is 0 Å². The smallest absolute Gasteiger partial charge is 0.128 e. The molecule has 0 bridgehead atoms. The highest BCUT2D eigenvalue weighted by atomic mass is 19.1. The minimum absolute atomic E-state index is 0.0281. The summed E-state index contributed by atoms with van der Waals surface area (Å²) < 4.78 is 33.7. The van der Waals surface area contributed by atoms with Crippen molar-refractivity contribution in [3.63, 3.8) is 0 Å². The second-order valence-corrected chi connectivity index (χ2v) is 7.86. The number of rotatable bonds is 4. The van der Waals surface area contributed by atoms with Gasteiger partial charge in [0.25, 0.3) is 0 Å². The van der Waals surface area contributed by atoms with Crippen molar-refractivity contribution in [1.82, 2.24) is 10.9 Å². The molecule has 0 radical (unpaired) electrons. The van der Waals surface area contributed by atoms with Gasteiger partial charge in [-0.2, -0.15) is 0 Å². The monoisotopic (exact) mass is 407 g/mol. The zero-order valence-electron chi connectivity index (χ0n) is 16.6. The fourth-order valence-corrected chi connectivity index (χ4v) is 4.64. The normalized spacial score (nSPS) is 22.5. The maximum absolute atomic E-state index is 14.3. The molecule has 0 aromatic heterocycles. The first-order valence-corrected chi connectivity index (χ1v) is 10.1. The molecule has 3 atom stereocenters. The highest BCUT2D eigenvalue weighted by molar-refractivity contribution is 5.59. The van der Waals surface area contributed by atoms with E-state index in [2.05, 4.69) is 15.8 Å². The first-order chi connectivity index (χ1) is 14.6. The second kappa shape index (κ2) is 7.70. The van der Waals surface area contributed by atoms with Gasteiger partial charge in [-0.15, -0.1) is 0 Å². The average Bonchev–Trinajstić information content (AvgIpc) is 3.19. The van der Waals surface area contributed by atoms with Gasteiger partial charge in [-0.25, -0.2) is 19.6 Å². The van der Waals surface area contributed by atoms with Crippen molar-refractivity contribution < 1.29 is 13.5 Å². The van der Waals surface area contributed by atoms with Crippen molar-refractivity contribution in [2.45, 2.75) is 18.6 Å². The van der Waals surface area contributed by atoms with Gasteiger partial charge in [0, 0.05) is 30.3 Å². The Kier molecular flexibility index (Phi) is 4.89. The predicted molar refractivity (Wildman–Crippen MR) is 112 cm³/mol. The molecule has 3 unspecified atom stereocenters. The fraction of sp³-hybridized carbons (Fsp3) is 0.250. The molecule has 0 spiro atoms. The van der Waals surface area contributed by atoms with Crippen LogP contribution in [-0.2, 0) is 6.54 Å². The minimum Gasteiger partial charge on any atom is -0.497 e. The number of nitrogens with zero attached hydrogens (tertiary/aromatic N) is 1. The summed E-state index contributed by atoms with van der Waals surface area (Å²) >= 11 is 0. The molecule has 6 heteroatoms. The maximum atomic E-state index is 14.3. The standard InChI is InChI=1S/C24H23F2N3O/c1-30-18-9-6-15(7-10-18)23-20-14-29(13-16-4-2-3-5-21(16)26)22-11-8-17(25)12-19(22)24(20)28-27-23/h2-12,20,23-24,27-28H,13-14H2,1H3. The first-order valence-electron chi connectivity index (χ1n) is 10.1. The van der Waals surface area contributed by atoms with Crippen molar-refractivity contribution in [3.8, 4) is 5.75 Å². The number of halogens is 2. The quantitative estimate of drug-likeness (QED) is 0.668. The van der Waals surface area contributed by atoms with Crippen molar-refractivity contribution in [3.05, 3.63) is 95.1 Å². The molecule has 2 aliphatic rings. The lowest BCUT2D eigenvalue weighted by Crippen LogP contribution is -2.39. The van der Waals surface area contributed by atoms with Crippen LogP contribution in [0.2, 0.25) is 0 Å². The van der Waals surface area contributed by atoms with E-state index in [9.17, 15) is 8.78 Å². The highest BCUT2D eigenvalue weighted by Crippen LogP contribution is 2.46. The molecule has 3 aromatic carbocycles. The summed E-state index contributed by atoms with van der Waals surface area (Å²) in [5.41, 5.74) is 10.3. The number of anilines is 1. The van der Waals surface area contributed by atoms with Crippen LogP contribution in [0.15, 0.2) is 66.7 Å². The van der Waals surface area contributed by atoms with E-state index in [0.717, 1.165) is 22.6 Å². The number of hydrazine groups is 1. The number of benzene rings is 3. The summed E-state index contributed by atoms with van der Waals surface area (Å²) in [6, 6.07) is 19.7. The molecular weight excluding hydrogens is 384 g/mol. The first kappa shape index (κ1) is 19.0. The van der Waals surface area contributed by atoms with Crippen LogP contribution >= 0.6 is 0 Å². The van der Waals surface area contributed by atoms with Gasteiger partial charge >= 0.3 is 0 Å². The van der Waals surface area contributed by atoms with Crippen LogP contribution in [0.5, 0.6) is 5.75 Å². The van der Waals surface area contributed by atoms with Gasteiger partial charge in [-0.3, -0.25) is 0 Å². The van der Waals surface area contributed by atoms with Crippen LogP contribution in [0, 0.1) is 17.6 Å². The number of hydrogen-bond donors (Lipinski definition) is 2. The van der Waals surface area contributed by atoms with Gasteiger partial charge in [-0.1, -0.05) is 30.3 Å². The van der Waals surface area contributed by atoms with Crippen molar-refractivity contribution >= 4 is 5.69 Å². The van der Waals surface area contributed by atoms with Crippen LogP contribution in [0.4, 0.5) is 14.5 Å². The topological polar surface area (TPSA) is 36.5 Å². The molecule has 2 N–H and O–H groups in total. The molecule has 154 valence electrons. The van der Waals surface area contributed by atoms with E-state index in [-0.39, 0.29) is 29.6 Å². The summed E-state index contributed by atoms with van der Waals surface area (Å²) in [4.78, 5) is 2.15. The molecular formula is C24H23F2N3O. The van der Waals surface area contributed by atoms with Gasteiger partial charge in [-0.05, 0) is 47.5 Å². The third kappa shape index (κ3) is 3.32. The van der Waals surface area contributed by atoms with Crippen molar-refractivity contribution in [2.24, 2.45) is 5.92 Å². The summed E-state index contributed by atoms with van der Waals surface area (Å²) in [5.74, 6) is 0.463. The van der Waals surface area contributed by atoms with Crippen molar-refractivity contribution in [1.29, 1.82) is 0 Å². The summed E-state index contributed by atoms with van der Waals surface area (Å²) in [5, 5.41) is 0. The Morgan fingerprint density at radius 3 is 2.50 bits per heavy atom. The number of ether oxygens (including phenoxy) is 1. The predicted octanol–water partition coefficient (Wildman–Crippen LogP) is 4.50. The van der Waals surface area contributed by atoms with Crippen LogP contribution in [0.1, 0.15) is 28.8 Å². The van der Waals surface area contributed by atoms with E-state index in [1.807, 2.05) is 30.3 Å². The average molecular weight is 407 g/mol. The molecule has 3 aromatic rings. The summed E-state index contributed by atoms with van der Waals surface area (Å²) in [6.07, 6.45) is 0. The molecule has 0 amide bonds. The van der Waals surface area contributed by atoms with E-state index in [4.69, 9.17) is 4.74 Å². The third-order valence-corrected chi connectivity index (χ3v) is 6.14. The zero-order valence-corrected chi connectivity index (χ0v) is 16.6. The molecule has 0 aliphatic carbocycles. The molecule has 1 saturated heterocycles. The molecule has 4 nitrogen and oxygen atoms in total. The summed E-state index contributed by atoms with van der Waals surface area (Å²) in [6.45, 7) is 1.15. The molecule has 30 heavy (non-hydrogen) atoms. The summed E-state index contributed by atoms with van der Waals surface area (Å²) in [7, 11) is 1.65. The minimum atomic E-state index is -0.269. The molecule has 5 rings (SSSR count). The Morgan fingerprint density at radius 2 is 1.73 bits per heavy atom. The fourth-order valence-electron chi connectivity index (χ4n) is 4.64. The van der Waals surface area contributed by atoms with Crippen LogP contribution < -0.4 is 20.5 Å². The number of fused-ring (bicyclic) bond motifs is 3. The molecule has 0 saturated carbocycles. The Labute approximate surface area is 174 Å². The lowest BCUT2D eigenvalue weighted by atomic mass is 9.82. The van der Waals surface area contributed by atoms with E-state index >= 15 is 0 Å². The Morgan fingerprint density at radius 1 is 0.967 bits per heavy atom. The Balaban J connectivity index is 1.51. The van der Waals surface area contributed by atoms with Crippen LogP contribution in [-0.4, -0.2) is 13.7 Å². The largest absolute Gasteiger partial charge is 0.497 e. The van der Waals surface area contributed by atoms with Crippen molar-refractivity contribution in [2.75, 3.05) is 18.6 Å². The molecule has 2 aliphatic heterocycles.